The molecule has 0 aliphatic rings. The van der Waals surface area contributed by atoms with E-state index in [2.05, 4.69) is 5.32 Å². The van der Waals surface area contributed by atoms with Crippen molar-refractivity contribution in [3.8, 4) is 5.75 Å². The maximum atomic E-state index is 12.3. The Labute approximate surface area is 145 Å². The fourth-order valence-electron chi connectivity index (χ4n) is 2.12. The monoisotopic (exact) mass is 360 g/mol. The Balaban J connectivity index is 2.36. The van der Waals surface area contributed by atoms with Gasteiger partial charge in [-0.25, -0.2) is 9.59 Å². The van der Waals surface area contributed by atoms with E-state index in [-0.39, 0.29) is 33.8 Å². The number of carbonyl (C=O) groups excluding carboxylic acids is 1. The Bertz CT molecular complexity index is 890. The van der Waals surface area contributed by atoms with E-state index in [0.29, 0.717) is 0 Å². The van der Waals surface area contributed by atoms with E-state index in [1.54, 1.807) is 0 Å². The smallest absolute Gasteiger partial charge is 0.335 e. The predicted molar refractivity (Wildman–Crippen MR) is 88.0 cm³/mol. The molecule has 0 fully saturated rings. The van der Waals surface area contributed by atoms with Gasteiger partial charge in [-0.2, -0.15) is 0 Å². The molecule has 0 aliphatic heterocycles. The van der Waals surface area contributed by atoms with Crippen molar-refractivity contribution < 1.29 is 34.3 Å². The second-order valence-electron chi connectivity index (χ2n) is 5.01. The lowest BCUT2D eigenvalue weighted by Crippen LogP contribution is -2.14. The topological polar surface area (TPSA) is 156 Å². The third kappa shape index (κ3) is 3.93. The molecule has 2 rings (SSSR count). The van der Waals surface area contributed by atoms with E-state index >= 15 is 0 Å². The number of nitro benzene ring substituents is 1. The molecule has 3 N–H and O–H groups in total. The minimum Gasteiger partial charge on any atom is -0.490 e. The molecular formula is C16H12N2O8. The van der Waals surface area contributed by atoms with Crippen LogP contribution >= 0.6 is 0 Å². The lowest BCUT2D eigenvalue weighted by molar-refractivity contribution is -0.385. The number of hydrogen-bond acceptors (Lipinski definition) is 6. The maximum Gasteiger partial charge on any atom is 0.335 e. The average Bonchev–Trinajstić information content (AvgIpc) is 2.60. The van der Waals surface area contributed by atoms with Crippen molar-refractivity contribution in [1.82, 2.24) is 0 Å². The highest BCUT2D eigenvalue weighted by atomic mass is 16.6. The zero-order valence-electron chi connectivity index (χ0n) is 13.3. The molecule has 0 radical (unpaired) electrons. The Morgan fingerprint density at radius 3 is 2.04 bits per heavy atom. The summed E-state index contributed by atoms with van der Waals surface area (Å²) in [6.07, 6.45) is 0. The summed E-state index contributed by atoms with van der Waals surface area (Å²) in [4.78, 5) is 44.7. The summed E-state index contributed by atoms with van der Waals surface area (Å²) >= 11 is 0. The highest BCUT2D eigenvalue weighted by molar-refractivity contribution is 6.06. The molecule has 0 aliphatic carbocycles. The molecule has 0 saturated heterocycles. The van der Waals surface area contributed by atoms with E-state index in [9.17, 15) is 24.5 Å². The lowest BCUT2D eigenvalue weighted by Gasteiger charge is -2.09. The number of nitrogens with zero attached hydrogens (tertiary/aromatic N) is 1. The van der Waals surface area contributed by atoms with Crippen molar-refractivity contribution in [2.45, 2.75) is 0 Å². The van der Waals surface area contributed by atoms with Crippen LogP contribution in [0, 0.1) is 10.1 Å². The van der Waals surface area contributed by atoms with Gasteiger partial charge in [-0.05, 0) is 24.3 Å². The van der Waals surface area contributed by atoms with Gasteiger partial charge in [-0.15, -0.1) is 0 Å². The molecule has 0 spiro atoms. The third-order valence-electron chi connectivity index (χ3n) is 3.32. The van der Waals surface area contributed by atoms with E-state index in [1.165, 1.54) is 13.2 Å². The number of rotatable bonds is 6. The summed E-state index contributed by atoms with van der Waals surface area (Å²) in [6.45, 7) is 0. The van der Waals surface area contributed by atoms with Crippen molar-refractivity contribution in [3.63, 3.8) is 0 Å². The largest absolute Gasteiger partial charge is 0.490 e. The number of anilines is 1. The van der Waals surface area contributed by atoms with Crippen LogP contribution < -0.4 is 10.1 Å². The first-order valence-electron chi connectivity index (χ1n) is 6.98. The SMILES string of the molecule is COc1cc(C(=O)Nc2cc(C(=O)O)cc(C(=O)O)c2)ccc1[N+](=O)[O-]. The van der Waals surface area contributed by atoms with Crippen LogP contribution in [0.25, 0.3) is 0 Å². The Kier molecular flexibility index (Phi) is 5.16. The van der Waals surface area contributed by atoms with Gasteiger partial charge in [0.15, 0.2) is 5.75 Å². The van der Waals surface area contributed by atoms with Gasteiger partial charge in [0.25, 0.3) is 5.91 Å². The van der Waals surface area contributed by atoms with Crippen LogP contribution in [-0.2, 0) is 0 Å². The highest BCUT2D eigenvalue weighted by Crippen LogP contribution is 2.28. The molecule has 0 heterocycles. The van der Waals surface area contributed by atoms with Gasteiger partial charge in [0.1, 0.15) is 0 Å². The first kappa shape index (κ1) is 18.4. The minimum absolute atomic E-state index is 0.00468. The summed E-state index contributed by atoms with van der Waals surface area (Å²) in [5.41, 5.74) is -1.01. The van der Waals surface area contributed by atoms with Crippen molar-refractivity contribution in [2.75, 3.05) is 12.4 Å². The molecule has 0 aromatic heterocycles. The number of aromatic carboxylic acids is 2. The number of carboxylic acid groups (broad SMARTS) is 2. The number of carbonyl (C=O) groups is 3. The van der Waals surface area contributed by atoms with Gasteiger partial charge >= 0.3 is 17.6 Å². The van der Waals surface area contributed by atoms with E-state index in [0.717, 1.165) is 30.3 Å². The molecule has 0 unspecified atom stereocenters. The number of benzene rings is 2. The van der Waals surface area contributed by atoms with Crippen molar-refractivity contribution in [3.05, 3.63) is 63.2 Å². The first-order chi connectivity index (χ1) is 12.2. The highest BCUT2D eigenvalue weighted by Gasteiger charge is 2.18. The second-order valence-corrected chi connectivity index (χ2v) is 5.01. The molecule has 134 valence electrons. The van der Waals surface area contributed by atoms with E-state index in [1.807, 2.05) is 0 Å². The maximum absolute atomic E-state index is 12.3. The predicted octanol–water partition coefficient (Wildman–Crippen LogP) is 2.25. The molecular weight excluding hydrogens is 348 g/mol. The van der Waals surface area contributed by atoms with E-state index < -0.39 is 22.8 Å². The standard InChI is InChI=1S/C16H12N2O8/c1-26-13-7-8(2-3-12(13)18(24)25)14(19)17-11-5-9(15(20)21)4-10(6-11)16(22)23/h2-7H,1H3,(H,17,19)(H,20,21)(H,22,23). The summed E-state index contributed by atoms with van der Waals surface area (Å²) in [7, 11) is 1.21. The number of methoxy groups -OCH3 is 1. The van der Waals surface area contributed by atoms with Gasteiger partial charge in [0, 0.05) is 23.4 Å². The molecule has 0 atom stereocenters. The zero-order chi connectivity index (χ0) is 19.4. The molecule has 10 nitrogen and oxygen atoms in total. The van der Waals surface area contributed by atoms with Crippen LogP contribution in [0.3, 0.4) is 0 Å². The van der Waals surface area contributed by atoms with Crippen LogP contribution in [0.1, 0.15) is 31.1 Å². The number of carboxylic acids is 2. The number of nitrogens with one attached hydrogen (secondary N) is 1. The van der Waals surface area contributed by atoms with Crippen LogP contribution in [0.4, 0.5) is 11.4 Å². The van der Waals surface area contributed by atoms with E-state index in [4.69, 9.17) is 14.9 Å². The first-order valence-corrected chi connectivity index (χ1v) is 6.98. The zero-order valence-corrected chi connectivity index (χ0v) is 13.3. The van der Waals surface area contributed by atoms with Gasteiger partial charge in [0.05, 0.1) is 23.2 Å². The molecule has 0 bridgehead atoms. The number of nitro groups is 1. The third-order valence-corrected chi connectivity index (χ3v) is 3.32. The molecule has 2 aromatic rings. The van der Waals surface area contributed by atoms with Crippen LogP contribution in [0.2, 0.25) is 0 Å². The van der Waals surface area contributed by atoms with Crippen molar-refractivity contribution >= 4 is 29.2 Å². The number of ether oxygens (including phenoxy) is 1. The minimum atomic E-state index is -1.36. The van der Waals surface area contributed by atoms with Gasteiger partial charge in [-0.1, -0.05) is 0 Å². The Morgan fingerprint density at radius 2 is 1.58 bits per heavy atom. The summed E-state index contributed by atoms with van der Waals surface area (Å²) < 4.78 is 4.87. The van der Waals surface area contributed by atoms with Crippen molar-refractivity contribution in [2.24, 2.45) is 0 Å². The molecule has 2 aromatic carbocycles. The van der Waals surface area contributed by atoms with Gasteiger partial charge in [0.2, 0.25) is 0 Å². The van der Waals surface area contributed by atoms with Crippen LogP contribution in [0.5, 0.6) is 5.75 Å². The Morgan fingerprint density at radius 1 is 1.00 bits per heavy atom. The molecule has 1 amide bonds. The number of amides is 1. The molecule has 10 heteroatoms. The van der Waals surface area contributed by atoms with Gasteiger partial charge < -0.3 is 20.3 Å². The number of hydrogen-bond donors (Lipinski definition) is 3. The summed E-state index contributed by atoms with van der Waals surface area (Å²) in [5.74, 6) is -3.58. The summed E-state index contributed by atoms with van der Waals surface area (Å²) in [5, 5.41) is 31.3. The van der Waals surface area contributed by atoms with Crippen LogP contribution in [-0.4, -0.2) is 40.1 Å². The average molecular weight is 360 g/mol. The fourth-order valence-corrected chi connectivity index (χ4v) is 2.12. The van der Waals surface area contributed by atoms with Crippen molar-refractivity contribution in [1.29, 1.82) is 0 Å². The Hall–Kier alpha value is -3.95. The quantitative estimate of drug-likeness (QED) is 0.523. The summed E-state index contributed by atoms with van der Waals surface area (Å²) in [6, 6.07) is 6.56. The molecule has 26 heavy (non-hydrogen) atoms. The van der Waals surface area contributed by atoms with Crippen LogP contribution in [0.15, 0.2) is 36.4 Å². The van der Waals surface area contributed by atoms with Gasteiger partial charge in [-0.3, -0.25) is 14.9 Å². The normalized spacial score (nSPS) is 10.0. The second kappa shape index (κ2) is 7.30. The molecule has 0 saturated carbocycles. The fraction of sp³-hybridized carbons (Fsp3) is 0.0625. The lowest BCUT2D eigenvalue weighted by atomic mass is 10.1.